The summed E-state index contributed by atoms with van der Waals surface area (Å²) < 4.78 is 0. The Bertz CT molecular complexity index is 496. The molecule has 0 aliphatic carbocycles. The van der Waals surface area contributed by atoms with E-state index in [9.17, 15) is 9.59 Å². The van der Waals surface area contributed by atoms with Crippen LogP contribution in [-0.2, 0) is 16.0 Å². The van der Waals surface area contributed by atoms with E-state index in [1.165, 1.54) is 5.56 Å². The van der Waals surface area contributed by atoms with Gasteiger partial charge in [-0.3, -0.25) is 9.59 Å². The van der Waals surface area contributed by atoms with Gasteiger partial charge in [-0.05, 0) is 30.5 Å². The van der Waals surface area contributed by atoms with Crippen molar-refractivity contribution in [1.82, 2.24) is 5.32 Å². The molecular weight excluding hydrogens is 264 g/mol. The number of nitrogens with one attached hydrogen (secondary N) is 1. The maximum atomic E-state index is 12.1. The van der Waals surface area contributed by atoms with Crippen molar-refractivity contribution < 1.29 is 9.59 Å². The molecule has 114 valence electrons. The first-order chi connectivity index (χ1) is 10.2. The normalized spacial score (nSPS) is 18.1. The Hall–Kier alpha value is -1.84. The lowest BCUT2D eigenvalue weighted by molar-refractivity contribution is -0.126. The van der Waals surface area contributed by atoms with Crippen LogP contribution in [0.4, 0.5) is 5.69 Å². The molecule has 0 bridgehead atoms. The van der Waals surface area contributed by atoms with Crippen LogP contribution in [0.1, 0.15) is 38.7 Å². The predicted molar refractivity (Wildman–Crippen MR) is 84.2 cm³/mol. The second kappa shape index (κ2) is 7.25. The summed E-state index contributed by atoms with van der Waals surface area (Å²) in [5, 5.41) is 2.92. The molecule has 0 aromatic heterocycles. The molecular formula is C17H24N2O2. The number of hydrogen-bond acceptors (Lipinski definition) is 2. The Morgan fingerprint density at radius 2 is 2.00 bits per heavy atom. The van der Waals surface area contributed by atoms with E-state index >= 15 is 0 Å². The molecule has 2 amide bonds. The van der Waals surface area contributed by atoms with Gasteiger partial charge in [0, 0.05) is 25.2 Å². The van der Waals surface area contributed by atoms with E-state index in [2.05, 4.69) is 19.2 Å². The fourth-order valence-electron chi connectivity index (χ4n) is 2.58. The van der Waals surface area contributed by atoms with E-state index in [1.54, 1.807) is 4.90 Å². The van der Waals surface area contributed by atoms with Crippen LogP contribution in [0.15, 0.2) is 24.3 Å². The van der Waals surface area contributed by atoms with Crippen molar-refractivity contribution in [2.24, 2.45) is 5.92 Å². The summed E-state index contributed by atoms with van der Waals surface area (Å²) in [4.78, 5) is 25.9. The van der Waals surface area contributed by atoms with E-state index in [-0.39, 0.29) is 17.7 Å². The first-order valence-electron chi connectivity index (χ1n) is 7.82. The number of hydrogen-bond donors (Lipinski definition) is 1. The summed E-state index contributed by atoms with van der Waals surface area (Å²) in [5.41, 5.74) is 2.14. The van der Waals surface area contributed by atoms with Crippen LogP contribution >= 0.6 is 0 Å². The smallest absolute Gasteiger partial charge is 0.227 e. The summed E-state index contributed by atoms with van der Waals surface area (Å²) in [5.74, 6) is -0.181. The van der Waals surface area contributed by atoms with Crippen molar-refractivity contribution in [2.75, 3.05) is 18.0 Å². The van der Waals surface area contributed by atoms with Gasteiger partial charge in [-0.15, -0.1) is 0 Å². The Morgan fingerprint density at radius 1 is 1.29 bits per heavy atom. The molecule has 1 saturated heterocycles. The van der Waals surface area contributed by atoms with Gasteiger partial charge in [0.2, 0.25) is 11.8 Å². The van der Waals surface area contributed by atoms with Crippen molar-refractivity contribution in [1.29, 1.82) is 0 Å². The molecule has 2 rings (SSSR count). The molecule has 1 aromatic carbocycles. The number of anilines is 1. The van der Waals surface area contributed by atoms with Crippen LogP contribution in [0.25, 0.3) is 0 Å². The summed E-state index contributed by atoms with van der Waals surface area (Å²) in [7, 11) is 0. The minimum absolute atomic E-state index is 0.00415. The zero-order valence-electron chi connectivity index (χ0n) is 12.9. The third kappa shape index (κ3) is 3.84. The first kappa shape index (κ1) is 15.5. The Morgan fingerprint density at radius 3 is 2.62 bits per heavy atom. The van der Waals surface area contributed by atoms with Crippen molar-refractivity contribution in [3.05, 3.63) is 29.8 Å². The standard InChI is InChI=1S/C17H24N2O2/c1-3-5-10-18-17(21)14-11-16(20)19(12-14)15-8-6-13(4-2)7-9-15/h6-9,14H,3-5,10-12H2,1-2H3,(H,18,21)/t14-/m1/s1. The number of nitrogens with zero attached hydrogens (tertiary/aromatic N) is 1. The number of carbonyl (C=O) groups is 2. The molecule has 1 aliphatic rings. The summed E-state index contributed by atoms with van der Waals surface area (Å²) in [6.45, 7) is 5.38. The van der Waals surface area contributed by atoms with Crippen molar-refractivity contribution in [3.8, 4) is 0 Å². The largest absolute Gasteiger partial charge is 0.356 e. The van der Waals surface area contributed by atoms with Gasteiger partial charge < -0.3 is 10.2 Å². The molecule has 21 heavy (non-hydrogen) atoms. The summed E-state index contributed by atoms with van der Waals surface area (Å²) >= 11 is 0. The molecule has 4 heteroatoms. The highest BCUT2D eigenvalue weighted by Gasteiger charge is 2.34. The number of carbonyl (C=O) groups excluding carboxylic acids is 2. The van der Waals surface area contributed by atoms with Crippen LogP contribution in [0.5, 0.6) is 0 Å². The molecule has 1 atom stereocenters. The van der Waals surface area contributed by atoms with Gasteiger partial charge in [0.1, 0.15) is 0 Å². The van der Waals surface area contributed by atoms with E-state index in [0.717, 1.165) is 24.9 Å². The summed E-state index contributed by atoms with van der Waals surface area (Å²) in [6.07, 6.45) is 3.33. The minimum atomic E-state index is -0.222. The lowest BCUT2D eigenvalue weighted by Gasteiger charge is -2.17. The van der Waals surface area contributed by atoms with E-state index in [0.29, 0.717) is 19.5 Å². The Kier molecular flexibility index (Phi) is 5.37. The van der Waals surface area contributed by atoms with Crippen molar-refractivity contribution >= 4 is 17.5 Å². The first-order valence-corrected chi connectivity index (χ1v) is 7.82. The highest BCUT2D eigenvalue weighted by atomic mass is 16.2. The van der Waals surface area contributed by atoms with Crippen LogP contribution in [0.2, 0.25) is 0 Å². The van der Waals surface area contributed by atoms with E-state index in [1.807, 2.05) is 24.3 Å². The Labute approximate surface area is 126 Å². The molecule has 1 aliphatic heterocycles. The van der Waals surface area contributed by atoms with Gasteiger partial charge in [0.15, 0.2) is 0 Å². The third-order valence-corrected chi connectivity index (χ3v) is 3.98. The second-order valence-electron chi connectivity index (χ2n) is 5.57. The quantitative estimate of drug-likeness (QED) is 0.818. The number of unbranched alkanes of at least 4 members (excludes halogenated alkanes) is 1. The number of benzene rings is 1. The number of aryl methyl sites for hydroxylation is 1. The SMILES string of the molecule is CCCCNC(=O)[C@@H]1CC(=O)N(c2ccc(CC)cc2)C1. The van der Waals surface area contributed by atoms with Gasteiger partial charge in [-0.25, -0.2) is 0 Å². The molecule has 1 fully saturated rings. The summed E-state index contributed by atoms with van der Waals surface area (Å²) in [6, 6.07) is 8.01. The monoisotopic (exact) mass is 288 g/mol. The fraction of sp³-hybridized carbons (Fsp3) is 0.529. The highest BCUT2D eigenvalue weighted by molar-refractivity contribution is 6.00. The topological polar surface area (TPSA) is 49.4 Å². The molecule has 4 nitrogen and oxygen atoms in total. The van der Waals surface area contributed by atoms with E-state index < -0.39 is 0 Å². The van der Waals surface area contributed by atoms with Gasteiger partial charge in [0.05, 0.1) is 5.92 Å². The maximum Gasteiger partial charge on any atom is 0.227 e. The van der Waals surface area contributed by atoms with Gasteiger partial charge in [-0.1, -0.05) is 32.4 Å². The van der Waals surface area contributed by atoms with Gasteiger partial charge in [-0.2, -0.15) is 0 Å². The molecule has 0 unspecified atom stereocenters. The average molecular weight is 288 g/mol. The average Bonchev–Trinajstić information content (AvgIpc) is 2.89. The molecule has 0 radical (unpaired) electrons. The third-order valence-electron chi connectivity index (χ3n) is 3.98. The van der Waals surface area contributed by atoms with Crippen LogP contribution in [0.3, 0.4) is 0 Å². The second-order valence-corrected chi connectivity index (χ2v) is 5.57. The van der Waals surface area contributed by atoms with Gasteiger partial charge in [0.25, 0.3) is 0 Å². The van der Waals surface area contributed by atoms with Crippen molar-refractivity contribution in [2.45, 2.75) is 39.5 Å². The zero-order chi connectivity index (χ0) is 15.2. The highest BCUT2D eigenvalue weighted by Crippen LogP contribution is 2.25. The number of rotatable bonds is 6. The lowest BCUT2D eigenvalue weighted by atomic mass is 10.1. The zero-order valence-corrected chi connectivity index (χ0v) is 12.9. The maximum absolute atomic E-state index is 12.1. The molecule has 0 spiro atoms. The van der Waals surface area contributed by atoms with Crippen LogP contribution in [-0.4, -0.2) is 24.9 Å². The molecule has 1 aromatic rings. The molecule has 0 saturated carbocycles. The molecule has 1 N–H and O–H groups in total. The lowest BCUT2D eigenvalue weighted by Crippen LogP contribution is -2.33. The van der Waals surface area contributed by atoms with Crippen LogP contribution in [0, 0.1) is 5.92 Å². The van der Waals surface area contributed by atoms with Gasteiger partial charge >= 0.3 is 0 Å². The predicted octanol–water partition coefficient (Wildman–Crippen LogP) is 2.52. The molecule has 1 heterocycles. The Balaban J connectivity index is 1.96. The van der Waals surface area contributed by atoms with E-state index in [4.69, 9.17) is 0 Å². The van der Waals surface area contributed by atoms with Crippen molar-refractivity contribution in [3.63, 3.8) is 0 Å². The number of amides is 2. The fourth-order valence-corrected chi connectivity index (χ4v) is 2.58. The van der Waals surface area contributed by atoms with Crippen LogP contribution < -0.4 is 10.2 Å². The minimum Gasteiger partial charge on any atom is -0.356 e.